The summed E-state index contributed by atoms with van der Waals surface area (Å²) in [7, 11) is 0. The van der Waals surface area contributed by atoms with Gasteiger partial charge in [-0.25, -0.2) is 8.78 Å². The van der Waals surface area contributed by atoms with Gasteiger partial charge in [0.1, 0.15) is 6.61 Å². The molecule has 4 heteroatoms. The van der Waals surface area contributed by atoms with Crippen LogP contribution in [0.5, 0.6) is 0 Å². The zero-order chi connectivity index (χ0) is 9.03. The molecule has 1 saturated carbocycles. The van der Waals surface area contributed by atoms with Gasteiger partial charge in [-0.3, -0.25) is 0 Å². The van der Waals surface area contributed by atoms with Crippen LogP contribution in [0.2, 0.25) is 0 Å². The summed E-state index contributed by atoms with van der Waals surface area (Å²) in [6, 6.07) is 0. The molecule has 1 fully saturated rings. The standard InChI is InChI=1S/C8H15F2NO/c9-8(10,5-11)6-12-7-3-1-2-4-7/h7H,1-6,11H2. The highest BCUT2D eigenvalue weighted by atomic mass is 19.3. The Balaban J connectivity index is 2.15. The Kier molecular flexibility index (Phi) is 3.40. The van der Waals surface area contributed by atoms with Crippen LogP contribution in [0.1, 0.15) is 25.7 Å². The smallest absolute Gasteiger partial charge is 0.282 e. The molecule has 0 spiro atoms. The van der Waals surface area contributed by atoms with E-state index in [2.05, 4.69) is 0 Å². The van der Waals surface area contributed by atoms with Crippen LogP contribution in [0.3, 0.4) is 0 Å². The lowest BCUT2D eigenvalue weighted by atomic mass is 10.3. The lowest BCUT2D eigenvalue weighted by molar-refractivity contribution is -0.0910. The molecule has 0 aliphatic heterocycles. The number of halogens is 2. The Morgan fingerprint density at radius 3 is 2.42 bits per heavy atom. The lowest BCUT2D eigenvalue weighted by Gasteiger charge is -2.17. The SMILES string of the molecule is NCC(F)(F)COC1CCCC1. The molecule has 0 bridgehead atoms. The third kappa shape index (κ3) is 3.03. The van der Waals surface area contributed by atoms with Crippen molar-refractivity contribution < 1.29 is 13.5 Å². The van der Waals surface area contributed by atoms with Gasteiger partial charge in [-0.05, 0) is 12.8 Å². The van der Waals surface area contributed by atoms with Gasteiger partial charge in [0.2, 0.25) is 0 Å². The minimum atomic E-state index is -2.84. The molecule has 0 heterocycles. The molecule has 72 valence electrons. The fourth-order valence-corrected chi connectivity index (χ4v) is 1.35. The van der Waals surface area contributed by atoms with Crippen molar-refractivity contribution in [3.05, 3.63) is 0 Å². The minimum Gasteiger partial charge on any atom is -0.372 e. The molecule has 12 heavy (non-hydrogen) atoms. The molecule has 1 aliphatic carbocycles. The second kappa shape index (κ2) is 4.14. The highest BCUT2D eigenvalue weighted by molar-refractivity contribution is 4.71. The first kappa shape index (κ1) is 9.86. The predicted octanol–water partition coefficient (Wildman–Crippen LogP) is 1.54. The Labute approximate surface area is 71.1 Å². The quantitative estimate of drug-likeness (QED) is 0.710. The van der Waals surface area contributed by atoms with E-state index in [1.165, 1.54) is 0 Å². The summed E-state index contributed by atoms with van der Waals surface area (Å²) >= 11 is 0. The van der Waals surface area contributed by atoms with Crippen molar-refractivity contribution in [3.63, 3.8) is 0 Å². The number of nitrogens with two attached hydrogens (primary N) is 1. The Hall–Kier alpha value is -0.220. The van der Waals surface area contributed by atoms with Gasteiger partial charge in [-0.1, -0.05) is 12.8 Å². The monoisotopic (exact) mass is 179 g/mol. The highest BCUT2D eigenvalue weighted by Crippen LogP contribution is 2.23. The van der Waals surface area contributed by atoms with Crippen molar-refractivity contribution in [1.29, 1.82) is 0 Å². The molecule has 0 saturated heterocycles. The van der Waals surface area contributed by atoms with Gasteiger partial charge in [-0.2, -0.15) is 0 Å². The summed E-state index contributed by atoms with van der Waals surface area (Å²) in [4.78, 5) is 0. The maximum absolute atomic E-state index is 12.6. The van der Waals surface area contributed by atoms with Gasteiger partial charge in [0.25, 0.3) is 5.92 Å². The first-order valence-electron chi connectivity index (χ1n) is 4.33. The Morgan fingerprint density at radius 2 is 1.92 bits per heavy atom. The topological polar surface area (TPSA) is 35.2 Å². The predicted molar refractivity (Wildman–Crippen MR) is 42.2 cm³/mol. The Bertz CT molecular complexity index is 135. The van der Waals surface area contributed by atoms with Crippen molar-refractivity contribution in [3.8, 4) is 0 Å². The van der Waals surface area contributed by atoms with E-state index in [0.29, 0.717) is 0 Å². The van der Waals surface area contributed by atoms with Crippen molar-refractivity contribution in [2.45, 2.75) is 37.7 Å². The van der Waals surface area contributed by atoms with Gasteiger partial charge in [0, 0.05) is 0 Å². The largest absolute Gasteiger partial charge is 0.372 e. The molecule has 0 aromatic heterocycles. The van der Waals surface area contributed by atoms with Gasteiger partial charge >= 0.3 is 0 Å². The molecule has 0 unspecified atom stereocenters. The summed E-state index contributed by atoms with van der Waals surface area (Å²) in [5.74, 6) is -2.84. The van der Waals surface area contributed by atoms with Crippen LogP contribution in [0.15, 0.2) is 0 Å². The zero-order valence-electron chi connectivity index (χ0n) is 7.06. The second-order valence-corrected chi connectivity index (χ2v) is 3.28. The fourth-order valence-electron chi connectivity index (χ4n) is 1.35. The van der Waals surface area contributed by atoms with Crippen LogP contribution in [-0.4, -0.2) is 25.2 Å². The summed E-state index contributed by atoms with van der Waals surface area (Å²) < 4.78 is 30.1. The molecule has 1 rings (SSSR count). The van der Waals surface area contributed by atoms with Gasteiger partial charge < -0.3 is 10.5 Å². The third-order valence-corrected chi connectivity index (χ3v) is 2.13. The summed E-state index contributed by atoms with van der Waals surface area (Å²) in [5, 5.41) is 0. The van der Waals surface area contributed by atoms with Crippen LogP contribution in [0.25, 0.3) is 0 Å². The molecular formula is C8H15F2NO. The van der Waals surface area contributed by atoms with Crippen LogP contribution < -0.4 is 5.73 Å². The second-order valence-electron chi connectivity index (χ2n) is 3.28. The average Bonchev–Trinajstić information content (AvgIpc) is 2.53. The molecule has 2 N–H and O–H groups in total. The van der Waals surface area contributed by atoms with Crippen molar-refractivity contribution in [2.75, 3.05) is 13.2 Å². The average molecular weight is 179 g/mol. The van der Waals surface area contributed by atoms with Gasteiger partial charge in [-0.15, -0.1) is 0 Å². The third-order valence-electron chi connectivity index (χ3n) is 2.13. The van der Waals surface area contributed by atoms with Crippen molar-refractivity contribution in [1.82, 2.24) is 0 Å². The molecular weight excluding hydrogens is 164 g/mol. The molecule has 2 nitrogen and oxygen atoms in total. The van der Waals surface area contributed by atoms with Crippen molar-refractivity contribution in [2.24, 2.45) is 5.73 Å². The number of rotatable bonds is 4. The Morgan fingerprint density at radius 1 is 1.33 bits per heavy atom. The summed E-state index contributed by atoms with van der Waals surface area (Å²) in [5.41, 5.74) is 4.86. The molecule has 1 aliphatic rings. The first-order chi connectivity index (χ1) is 5.64. The first-order valence-corrected chi connectivity index (χ1v) is 4.33. The minimum absolute atomic E-state index is 0.0439. The van der Waals surface area contributed by atoms with E-state index in [0.717, 1.165) is 25.7 Å². The lowest BCUT2D eigenvalue weighted by Crippen LogP contribution is -2.34. The van der Waals surface area contributed by atoms with E-state index in [9.17, 15) is 8.78 Å². The molecule has 0 aromatic carbocycles. The fraction of sp³-hybridized carbons (Fsp3) is 1.00. The zero-order valence-corrected chi connectivity index (χ0v) is 7.06. The van der Waals surface area contributed by atoms with E-state index in [-0.39, 0.29) is 6.10 Å². The summed E-state index contributed by atoms with van der Waals surface area (Å²) in [6.07, 6.45) is 4.07. The molecule has 0 atom stereocenters. The van der Waals surface area contributed by atoms with E-state index in [1.54, 1.807) is 0 Å². The molecule has 0 radical (unpaired) electrons. The number of alkyl halides is 2. The van der Waals surface area contributed by atoms with E-state index in [4.69, 9.17) is 10.5 Å². The van der Waals surface area contributed by atoms with E-state index in [1.807, 2.05) is 0 Å². The van der Waals surface area contributed by atoms with Crippen LogP contribution in [0, 0.1) is 0 Å². The van der Waals surface area contributed by atoms with E-state index >= 15 is 0 Å². The van der Waals surface area contributed by atoms with E-state index < -0.39 is 19.1 Å². The normalized spacial score (nSPS) is 20.2. The van der Waals surface area contributed by atoms with Gasteiger partial charge in [0.15, 0.2) is 0 Å². The van der Waals surface area contributed by atoms with Crippen LogP contribution in [-0.2, 0) is 4.74 Å². The van der Waals surface area contributed by atoms with Crippen molar-refractivity contribution >= 4 is 0 Å². The number of hydrogen-bond acceptors (Lipinski definition) is 2. The molecule has 0 amide bonds. The maximum atomic E-state index is 12.6. The number of hydrogen-bond donors (Lipinski definition) is 1. The van der Waals surface area contributed by atoms with Crippen LogP contribution in [0.4, 0.5) is 8.78 Å². The summed E-state index contributed by atoms with van der Waals surface area (Å²) in [6.45, 7) is -1.14. The molecule has 0 aromatic rings. The number of ether oxygens (including phenoxy) is 1. The maximum Gasteiger partial charge on any atom is 0.282 e. The highest BCUT2D eigenvalue weighted by Gasteiger charge is 2.29. The van der Waals surface area contributed by atoms with Crippen LogP contribution >= 0.6 is 0 Å². The van der Waals surface area contributed by atoms with Gasteiger partial charge in [0.05, 0.1) is 12.6 Å².